The molecule has 0 aliphatic heterocycles. The van der Waals surface area contributed by atoms with Crippen LogP contribution in [0.5, 0.6) is 5.75 Å². The zero-order valence-corrected chi connectivity index (χ0v) is 24.7. The highest BCUT2D eigenvalue weighted by Crippen LogP contribution is 2.28. The summed E-state index contributed by atoms with van der Waals surface area (Å²) in [4.78, 5) is 2.43. The lowest BCUT2D eigenvalue weighted by Crippen LogP contribution is -2.32. The van der Waals surface area contributed by atoms with E-state index in [1.807, 2.05) is 0 Å². The quantitative estimate of drug-likeness (QED) is 0.146. The molecule has 214 valence electrons. The molecule has 1 unspecified atom stereocenters. The van der Waals surface area contributed by atoms with Crippen molar-refractivity contribution in [3.8, 4) is 5.75 Å². The van der Waals surface area contributed by atoms with Crippen LogP contribution in [-0.4, -0.2) is 36.3 Å². The minimum absolute atomic E-state index is 0.203. The number of rotatable bonds is 16. The van der Waals surface area contributed by atoms with Crippen molar-refractivity contribution in [3.05, 3.63) is 102 Å². The molecular weight excluding hydrogens is 490 g/mol. The lowest BCUT2D eigenvalue weighted by molar-refractivity contribution is 0.164. The molecule has 0 saturated heterocycles. The average molecular weight is 540 g/mol. The van der Waals surface area contributed by atoms with Crippen molar-refractivity contribution in [2.45, 2.75) is 71.8 Å². The van der Waals surface area contributed by atoms with Gasteiger partial charge in [-0.3, -0.25) is 4.90 Å². The van der Waals surface area contributed by atoms with E-state index in [1.54, 1.807) is 5.57 Å². The first-order valence-corrected chi connectivity index (χ1v) is 15.5. The summed E-state index contributed by atoms with van der Waals surface area (Å²) < 4.78 is 6.07. The second-order valence-electron chi connectivity index (χ2n) is 11.8. The van der Waals surface area contributed by atoms with Crippen LogP contribution in [0.3, 0.4) is 0 Å². The lowest BCUT2D eigenvalue weighted by Gasteiger charge is -2.29. The molecule has 4 rings (SSSR count). The van der Waals surface area contributed by atoms with Crippen molar-refractivity contribution >= 4 is 10.8 Å². The second-order valence-corrected chi connectivity index (χ2v) is 11.8. The number of allylic oxidation sites excluding steroid dienone is 4. The van der Waals surface area contributed by atoms with Gasteiger partial charge in [-0.15, -0.1) is 0 Å². The van der Waals surface area contributed by atoms with Gasteiger partial charge in [-0.05, 0) is 103 Å². The summed E-state index contributed by atoms with van der Waals surface area (Å²) in [6.45, 7) is 8.07. The number of aliphatic hydroxyl groups is 1. The third-order valence-electron chi connectivity index (χ3n) is 7.95. The van der Waals surface area contributed by atoms with E-state index in [9.17, 15) is 5.11 Å². The molecule has 3 aromatic carbocycles. The fourth-order valence-electron chi connectivity index (χ4n) is 5.69. The van der Waals surface area contributed by atoms with Crippen LogP contribution in [0.25, 0.3) is 10.8 Å². The summed E-state index contributed by atoms with van der Waals surface area (Å²) >= 11 is 0. The first-order valence-electron chi connectivity index (χ1n) is 15.5. The van der Waals surface area contributed by atoms with E-state index < -0.39 is 0 Å². The minimum Gasteiger partial charge on any atom is -0.494 e. The second kappa shape index (κ2) is 16.4. The van der Waals surface area contributed by atoms with Crippen molar-refractivity contribution in [1.82, 2.24) is 4.90 Å². The van der Waals surface area contributed by atoms with Crippen molar-refractivity contribution in [2.24, 2.45) is 11.8 Å². The largest absolute Gasteiger partial charge is 0.494 e. The predicted molar refractivity (Wildman–Crippen MR) is 170 cm³/mol. The highest BCUT2D eigenvalue weighted by Gasteiger charge is 2.18. The van der Waals surface area contributed by atoms with Crippen LogP contribution in [0.15, 0.2) is 90.5 Å². The van der Waals surface area contributed by atoms with Crippen LogP contribution in [0.2, 0.25) is 0 Å². The van der Waals surface area contributed by atoms with Gasteiger partial charge in [0.2, 0.25) is 0 Å². The van der Waals surface area contributed by atoms with Gasteiger partial charge in [0.25, 0.3) is 0 Å². The number of aliphatic hydroxyl groups excluding tert-OH is 1. The molecule has 0 radical (unpaired) electrons. The molecule has 3 aromatic rings. The molecule has 0 bridgehead atoms. The van der Waals surface area contributed by atoms with Gasteiger partial charge in [0.05, 0.1) is 13.2 Å². The number of fused-ring (bicyclic) bond motifs is 1. The van der Waals surface area contributed by atoms with Gasteiger partial charge in [-0.2, -0.15) is 0 Å². The van der Waals surface area contributed by atoms with Gasteiger partial charge in [0.15, 0.2) is 0 Å². The van der Waals surface area contributed by atoms with E-state index in [0.29, 0.717) is 11.8 Å². The van der Waals surface area contributed by atoms with Crippen LogP contribution >= 0.6 is 0 Å². The van der Waals surface area contributed by atoms with Crippen molar-refractivity contribution in [3.63, 3.8) is 0 Å². The number of hydrogen-bond donors (Lipinski definition) is 1. The zero-order valence-electron chi connectivity index (χ0n) is 24.7. The highest BCUT2D eigenvalue weighted by atomic mass is 16.5. The molecule has 0 aromatic heterocycles. The fourth-order valence-corrected chi connectivity index (χ4v) is 5.69. The standard InChI is InChI=1S/C37H49NO2/c1-30(2)10-9-14-32-15-17-33(18-16-32)28-38(23-24-39)29-34-19-20-36-27-37(22-21-35(36)26-34)40-25-8-4-7-13-31-11-5-3-6-12-31/h3,5-6,9-12,15,19-22,26-27,30,33,39H,4,7-8,13-14,16-18,23-25,28-29H2,1-2H3/b10-9+. The Morgan fingerprint density at radius 2 is 1.77 bits per heavy atom. The van der Waals surface area contributed by atoms with Crippen LogP contribution in [0.4, 0.5) is 0 Å². The Labute approximate surface area is 242 Å². The Morgan fingerprint density at radius 1 is 0.950 bits per heavy atom. The van der Waals surface area contributed by atoms with E-state index in [0.717, 1.165) is 57.7 Å². The van der Waals surface area contributed by atoms with Gasteiger partial charge in [0, 0.05) is 19.6 Å². The Morgan fingerprint density at radius 3 is 2.55 bits per heavy atom. The molecule has 40 heavy (non-hydrogen) atoms. The first-order chi connectivity index (χ1) is 19.6. The van der Waals surface area contributed by atoms with Gasteiger partial charge in [-0.25, -0.2) is 0 Å². The smallest absolute Gasteiger partial charge is 0.119 e. The average Bonchev–Trinajstić information content (AvgIpc) is 2.96. The van der Waals surface area contributed by atoms with Gasteiger partial charge >= 0.3 is 0 Å². The highest BCUT2D eigenvalue weighted by molar-refractivity contribution is 5.84. The molecular formula is C37H49NO2. The zero-order chi connectivity index (χ0) is 28.0. The van der Waals surface area contributed by atoms with Crippen molar-refractivity contribution in [2.75, 3.05) is 26.3 Å². The number of benzene rings is 3. The maximum absolute atomic E-state index is 9.73. The molecule has 1 aliphatic rings. The molecule has 1 aliphatic carbocycles. The van der Waals surface area contributed by atoms with E-state index in [4.69, 9.17) is 4.74 Å². The molecule has 0 spiro atoms. The third-order valence-corrected chi connectivity index (χ3v) is 7.95. The Kier molecular flexibility index (Phi) is 12.3. The Balaban J connectivity index is 1.23. The van der Waals surface area contributed by atoms with Crippen LogP contribution < -0.4 is 4.74 Å². The molecule has 3 nitrogen and oxygen atoms in total. The summed E-state index contributed by atoms with van der Waals surface area (Å²) in [6, 6.07) is 23.9. The predicted octanol–water partition coefficient (Wildman–Crippen LogP) is 8.75. The first kappa shape index (κ1) is 30.1. The van der Waals surface area contributed by atoms with Crippen LogP contribution in [0.1, 0.15) is 69.9 Å². The molecule has 3 heteroatoms. The molecule has 0 amide bonds. The Hall–Kier alpha value is -2.88. The molecule has 1 N–H and O–H groups in total. The summed E-state index contributed by atoms with van der Waals surface area (Å²) in [5, 5.41) is 12.2. The fraction of sp³-hybridized carbons (Fsp3) is 0.459. The molecule has 0 fully saturated rings. The van der Waals surface area contributed by atoms with Gasteiger partial charge in [0.1, 0.15) is 5.75 Å². The topological polar surface area (TPSA) is 32.7 Å². The third kappa shape index (κ3) is 10.3. The summed E-state index contributed by atoms with van der Waals surface area (Å²) in [6.07, 6.45) is 16.4. The number of aryl methyl sites for hydroxylation is 1. The Bertz CT molecular complexity index is 1210. The lowest BCUT2D eigenvalue weighted by atomic mass is 9.87. The molecule has 1 atom stereocenters. The van der Waals surface area contributed by atoms with Crippen molar-refractivity contribution in [1.29, 1.82) is 0 Å². The number of hydrogen-bond acceptors (Lipinski definition) is 3. The monoisotopic (exact) mass is 539 g/mol. The van der Waals surface area contributed by atoms with Crippen molar-refractivity contribution < 1.29 is 9.84 Å². The van der Waals surface area contributed by atoms with Gasteiger partial charge in [-0.1, -0.05) is 86.2 Å². The van der Waals surface area contributed by atoms with E-state index in [-0.39, 0.29) is 6.61 Å². The summed E-state index contributed by atoms with van der Waals surface area (Å²) in [5.74, 6) is 2.25. The van der Waals surface area contributed by atoms with Gasteiger partial charge < -0.3 is 9.84 Å². The number of unbranched alkanes of at least 4 members (excludes halogenated alkanes) is 2. The van der Waals surface area contributed by atoms with E-state index in [1.165, 1.54) is 47.6 Å². The minimum atomic E-state index is 0.203. The van der Waals surface area contributed by atoms with E-state index in [2.05, 4.69) is 104 Å². The molecule has 0 saturated carbocycles. The molecule has 0 heterocycles. The number of ether oxygens (including phenoxy) is 1. The number of nitrogens with zero attached hydrogens (tertiary/aromatic N) is 1. The SMILES string of the molecule is CC(C)/C=C/CC1=CCC(CN(CCO)Cc2ccc3cc(OCCCCCc4ccccc4)ccc3c2)CC1. The van der Waals surface area contributed by atoms with E-state index >= 15 is 0 Å². The summed E-state index contributed by atoms with van der Waals surface area (Å²) in [7, 11) is 0. The van der Waals surface area contributed by atoms with Crippen LogP contribution in [-0.2, 0) is 13.0 Å². The normalized spacial score (nSPS) is 15.8. The summed E-state index contributed by atoms with van der Waals surface area (Å²) in [5.41, 5.74) is 4.31. The van der Waals surface area contributed by atoms with Crippen LogP contribution in [0, 0.1) is 11.8 Å². The maximum Gasteiger partial charge on any atom is 0.119 e. The maximum atomic E-state index is 9.73.